The van der Waals surface area contributed by atoms with Gasteiger partial charge in [-0.15, -0.1) is 0 Å². The molecule has 0 aliphatic rings. The van der Waals surface area contributed by atoms with E-state index in [-0.39, 0.29) is 16.7 Å². The molecule has 4 nitrogen and oxygen atoms in total. The molecule has 1 N–H and O–H groups in total. The van der Waals surface area contributed by atoms with E-state index in [2.05, 4.69) is 24.4 Å². The number of rotatable bonds is 5. The van der Waals surface area contributed by atoms with Crippen molar-refractivity contribution < 1.29 is 4.92 Å². The smallest absolute Gasteiger partial charge is 0.274 e. The maximum Gasteiger partial charge on any atom is 0.274 e. The zero-order chi connectivity index (χ0) is 14.5. The Labute approximate surface area is 118 Å². The van der Waals surface area contributed by atoms with Gasteiger partial charge in [-0.1, -0.05) is 37.3 Å². The van der Waals surface area contributed by atoms with E-state index >= 15 is 0 Å². The lowest BCUT2D eigenvalue weighted by molar-refractivity contribution is -0.385. The third kappa shape index (κ3) is 3.15. The Morgan fingerprint density at radius 2 is 1.80 bits per heavy atom. The summed E-state index contributed by atoms with van der Waals surface area (Å²) in [5.74, 6) is 0. The topological polar surface area (TPSA) is 55.2 Å². The molecule has 0 aromatic heterocycles. The highest BCUT2D eigenvalue weighted by Gasteiger charge is 2.17. The maximum atomic E-state index is 11.0. The Morgan fingerprint density at radius 1 is 1.15 bits per heavy atom. The summed E-state index contributed by atoms with van der Waals surface area (Å²) >= 11 is 0. The number of nitro groups is 1. The number of nitrogens with zero attached hydrogens (tertiary/aromatic N) is 1. The monoisotopic (exact) mass is 270 g/mol. The predicted molar refractivity (Wildman–Crippen MR) is 81.0 cm³/mol. The third-order valence-electron chi connectivity index (χ3n) is 3.35. The van der Waals surface area contributed by atoms with Crippen molar-refractivity contribution in [3.05, 3.63) is 69.8 Å². The Balaban J connectivity index is 2.19. The Kier molecular flexibility index (Phi) is 4.35. The van der Waals surface area contributed by atoms with Gasteiger partial charge in [0.05, 0.1) is 16.5 Å². The second-order valence-corrected chi connectivity index (χ2v) is 4.73. The molecule has 0 amide bonds. The van der Waals surface area contributed by atoms with Crippen molar-refractivity contribution >= 4 is 11.4 Å². The van der Waals surface area contributed by atoms with Crippen LogP contribution in [0.3, 0.4) is 0 Å². The van der Waals surface area contributed by atoms with Crippen molar-refractivity contribution in [2.45, 2.75) is 26.3 Å². The van der Waals surface area contributed by atoms with Gasteiger partial charge in [-0.3, -0.25) is 10.1 Å². The van der Waals surface area contributed by atoms with E-state index in [1.807, 2.05) is 25.1 Å². The molecular formula is C16H18N2O2. The van der Waals surface area contributed by atoms with E-state index < -0.39 is 0 Å². The van der Waals surface area contributed by atoms with E-state index in [1.54, 1.807) is 12.1 Å². The molecule has 20 heavy (non-hydrogen) atoms. The molecule has 0 spiro atoms. The first-order valence-electron chi connectivity index (χ1n) is 6.70. The second-order valence-electron chi connectivity index (χ2n) is 4.73. The number of benzene rings is 2. The van der Waals surface area contributed by atoms with Gasteiger partial charge in [0.15, 0.2) is 0 Å². The lowest BCUT2D eigenvalue weighted by Gasteiger charge is -2.16. The van der Waals surface area contributed by atoms with E-state index in [9.17, 15) is 10.1 Å². The molecule has 0 fully saturated rings. The van der Waals surface area contributed by atoms with Gasteiger partial charge in [-0.2, -0.15) is 0 Å². The molecule has 0 bridgehead atoms. The van der Waals surface area contributed by atoms with E-state index in [0.29, 0.717) is 5.56 Å². The van der Waals surface area contributed by atoms with Crippen LogP contribution in [-0.2, 0) is 6.42 Å². The molecule has 104 valence electrons. The first kappa shape index (κ1) is 14.1. The highest BCUT2D eigenvalue weighted by Crippen LogP contribution is 2.27. The number of nitro benzene ring substituents is 1. The molecule has 0 saturated heterocycles. The van der Waals surface area contributed by atoms with Crippen molar-refractivity contribution in [2.75, 3.05) is 5.32 Å². The number of hydrogen-bond donors (Lipinski definition) is 1. The number of nitrogens with one attached hydrogen (secondary N) is 1. The standard InChI is InChI=1S/C16H18N2O2/c1-3-13-8-10-14(11-9-13)17-12(2)15-6-4-5-7-16(15)18(19)20/h4-12,17H,3H2,1-2H3. The van der Waals surface area contributed by atoms with Crippen molar-refractivity contribution in [3.8, 4) is 0 Å². The highest BCUT2D eigenvalue weighted by molar-refractivity contribution is 5.50. The van der Waals surface area contributed by atoms with Crippen LogP contribution < -0.4 is 5.32 Å². The Morgan fingerprint density at radius 3 is 2.40 bits per heavy atom. The molecule has 2 rings (SSSR count). The van der Waals surface area contributed by atoms with Crippen LogP contribution in [0.1, 0.15) is 31.0 Å². The summed E-state index contributed by atoms with van der Waals surface area (Å²) in [6.07, 6.45) is 1.000. The fraction of sp³-hybridized carbons (Fsp3) is 0.250. The lowest BCUT2D eigenvalue weighted by atomic mass is 10.1. The molecule has 4 heteroatoms. The van der Waals surface area contributed by atoms with E-state index in [4.69, 9.17) is 0 Å². The van der Waals surface area contributed by atoms with Crippen LogP contribution in [0.2, 0.25) is 0 Å². The summed E-state index contributed by atoms with van der Waals surface area (Å²) in [5, 5.41) is 14.3. The molecule has 1 atom stereocenters. The van der Waals surface area contributed by atoms with Crippen molar-refractivity contribution in [1.29, 1.82) is 0 Å². The summed E-state index contributed by atoms with van der Waals surface area (Å²) in [7, 11) is 0. The molecule has 0 aliphatic carbocycles. The van der Waals surface area contributed by atoms with Gasteiger partial charge in [0.1, 0.15) is 0 Å². The molecule has 2 aromatic carbocycles. The van der Waals surface area contributed by atoms with Gasteiger partial charge in [0.2, 0.25) is 0 Å². The zero-order valence-electron chi connectivity index (χ0n) is 11.7. The molecule has 0 saturated carbocycles. The number of aryl methyl sites for hydroxylation is 1. The first-order valence-corrected chi connectivity index (χ1v) is 6.70. The van der Waals surface area contributed by atoms with Gasteiger partial charge in [0.25, 0.3) is 5.69 Å². The van der Waals surface area contributed by atoms with Crippen LogP contribution in [0.15, 0.2) is 48.5 Å². The summed E-state index contributed by atoms with van der Waals surface area (Å²) < 4.78 is 0. The van der Waals surface area contributed by atoms with Crippen LogP contribution in [-0.4, -0.2) is 4.92 Å². The van der Waals surface area contributed by atoms with Crippen LogP contribution in [0.4, 0.5) is 11.4 Å². The predicted octanol–water partition coefficient (Wildman–Crippen LogP) is 4.33. The summed E-state index contributed by atoms with van der Waals surface area (Å²) in [6.45, 7) is 4.04. The van der Waals surface area contributed by atoms with Gasteiger partial charge < -0.3 is 5.32 Å². The van der Waals surface area contributed by atoms with E-state index in [0.717, 1.165) is 12.1 Å². The van der Waals surface area contributed by atoms with Crippen LogP contribution in [0.25, 0.3) is 0 Å². The van der Waals surface area contributed by atoms with Crippen LogP contribution in [0.5, 0.6) is 0 Å². The van der Waals surface area contributed by atoms with Gasteiger partial charge in [-0.25, -0.2) is 0 Å². The van der Waals surface area contributed by atoms with Crippen molar-refractivity contribution in [2.24, 2.45) is 0 Å². The summed E-state index contributed by atoms with van der Waals surface area (Å²) in [6, 6.07) is 14.8. The number of para-hydroxylation sites is 1. The molecule has 0 radical (unpaired) electrons. The normalized spacial score (nSPS) is 11.9. The van der Waals surface area contributed by atoms with Crippen molar-refractivity contribution in [3.63, 3.8) is 0 Å². The largest absolute Gasteiger partial charge is 0.378 e. The SMILES string of the molecule is CCc1ccc(NC(C)c2ccccc2[N+](=O)[O-])cc1. The molecule has 1 unspecified atom stereocenters. The fourth-order valence-corrected chi connectivity index (χ4v) is 2.18. The zero-order valence-corrected chi connectivity index (χ0v) is 11.7. The summed E-state index contributed by atoms with van der Waals surface area (Å²) in [5.41, 5.74) is 3.08. The minimum Gasteiger partial charge on any atom is -0.378 e. The molecular weight excluding hydrogens is 252 g/mol. The Hall–Kier alpha value is -2.36. The van der Waals surface area contributed by atoms with E-state index in [1.165, 1.54) is 11.6 Å². The molecule has 0 aliphatic heterocycles. The minimum absolute atomic E-state index is 0.121. The minimum atomic E-state index is -0.340. The van der Waals surface area contributed by atoms with Gasteiger partial charge >= 0.3 is 0 Å². The quantitative estimate of drug-likeness (QED) is 0.650. The molecule has 0 heterocycles. The number of anilines is 1. The maximum absolute atomic E-state index is 11.0. The highest BCUT2D eigenvalue weighted by atomic mass is 16.6. The number of hydrogen-bond acceptors (Lipinski definition) is 3. The average molecular weight is 270 g/mol. The lowest BCUT2D eigenvalue weighted by Crippen LogP contribution is -2.09. The van der Waals surface area contributed by atoms with Crippen molar-refractivity contribution in [1.82, 2.24) is 0 Å². The van der Waals surface area contributed by atoms with Crippen LogP contribution >= 0.6 is 0 Å². The molecule has 2 aromatic rings. The van der Waals surface area contributed by atoms with Crippen LogP contribution in [0, 0.1) is 10.1 Å². The first-order chi connectivity index (χ1) is 9.61. The average Bonchev–Trinajstić information content (AvgIpc) is 2.48. The summed E-state index contributed by atoms with van der Waals surface area (Å²) in [4.78, 5) is 10.7. The van der Waals surface area contributed by atoms with Gasteiger partial charge in [-0.05, 0) is 31.0 Å². The Bertz CT molecular complexity index is 594. The second kappa shape index (κ2) is 6.19. The fourth-order valence-electron chi connectivity index (χ4n) is 2.18. The van der Waals surface area contributed by atoms with Gasteiger partial charge in [0, 0.05) is 11.8 Å². The third-order valence-corrected chi connectivity index (χ3v) is 3.35.